The lowest BCUT2D eigenvalue weighted by atomic mass is 10.3. The van der Waals surface area contributed by atoms with Crippen LogP contribution in [0.4, 0.5) is 0 Å². The molecule has 232 valence electrons. The van der Waals surface area contributed by atoms with E-state index in [1.54, 1.807) is 24.3 Å². The van der Waals surface area contributed by atoms with Gasteiger partial charge in [0.1, 0.15) is 24.7 Å². The van der Waals surface area contributed by atoms with E-state index < -0.39 is 9.84 Å². The van der Waals surface area contributed by atoms with Crippen LogP contribution in [0, 0.1) is 0 Å². The Kier molecular flexibility index (Phi) is 19.0. The fraction of sp³-hybridized carbons (Fsp3) is 0.571. The van der Waals surface area contributed by atoms with Crippen LogP contribution in [0.5, 0.6) is 11.5 Å². The first-order valence-corrected chi connectivity index (χ1v) is 14.9. The summed E-state index contributed by atoms with van der Waals surface area (Å²) in [5.74, 6) is 1.07. The molecule has 0 atom stereocenters. The highest BCUT2D eigenvalue weighted by Gasteiger charge is 2.17. The molecule has 0 aliphatic rings. The quantitative estimate of drug-likeness (QED) is 0.150. The van der Waals surface area contributed by atoms with E-state index in [2.05, 4.69) is 0 Å². The molecule has 0 saturated carbocycles. The number of benzene rings is 2. The number of hydrogen-bond donors (Lipinski definition) is 2. The van der Waals surface area contributed by atoms with Crippen molar-refractivity contribution in [2.75, 3.05) is 106 Å². The summed E-state index contributed by atoms with van der Waals surface area (Å²) in [4.78, 5) is 0.316. The van der Waals surface area contributed by atoms with Gasteiger partial charge in [-0.1, -0.05) is 0 Å². The van der Waals surface area contributed by atoms with Gasteiger partial charge in [-0.2, -0.15) is 0 Å². The van der Waals surface area contributed by atoms with E-state index in [0.717, 1.165) is 0 Å². The van der Waals surface area contributed by atoms with Crippen LogP contribution in [0.1, 0.15) is 0 Å². The smallest absolute Gasteiger partial charge is 0.206 e. The molecule has 41 heavy (non-hydrogen) atoms. The summed E-state index contributed by atoms with van der Waals surface area (Å²) in [6, 6.07) is 12.5. The van der Waals surface area contributed by atoms with E-state index in [1.807, 2.05) is 0 Å². The lowest BCUT2D eigenvalue weighted by molar-refractivity contribution is 0.00361. The van der Waals surface area contributed by atoms with Crippen molar-refractivity contribution in [1.82, 2.24) is 0 Å². The van der Waals surface area contributed by atoms with E-state index in [-0.39, 0.29) is 23.0 Å². The largest absolute Gasteiger partial charge is 0.491 e. The highest BCUT2D eigenvalue weighted by Crippen LogP contribution is 2.25. The molecule has 0 amide bonds. The first-order chi connectivity index (χ1) is 20.1. The molecule has 0 radical (unpaired) electrons. The maximum Gasteiger partial charge on any atom is 0.206 e. The van der Waals surface area contributed by atoms with Crippen molar-refractivity contribution in [2.45, 2.75) is 9.79 Å². The van der Waals surface area contributed by atoms with Crippen molar-refractivity contribution in [3.8, 4) is 11.5 Å². The molecule has 0 aliphatic carbocycles. The van der Waals surface area contributed by atoms with E-state index in [4.69, 9.17) is 48.1 Å². The van der Waals surface area contributed by atoms with Crippen molar-refractivity contribution < 1.29 is 56.5 Å². The molecule has 12 nitrogen and oxygen atoms in total. The van der Waals surface area contributed by atoms with Crippen LogP contribution in [0.3, 0.4) is 0 Å². The maximum atomic E-state index is 13.0. The van der Waals surface area contributed by atoms with Crippen LogP contribution in [-0.4, -0.2) is 124 Å². The van der Waals surface area contributed by atoms with Crippen molar-refractivity contribution in [2.24, 2.45) is 0 Å². The predicted molar refractivity (Wildman–Crippen MR) is 148 cm³/mol. The second-order valence-corrected chi connectivity index (χ2v) is 10.2. The Balaban J connectivity index is 1.60. The predicted octanol–water partition coefficient (Wildman–Crippen LogP) is 1.36. The van der Waals surface area contributed by atoms with E-state index >= 15 is 0 Å². The molecule has 2 rings (SSSR count). The van der Waals surface area contributed by atoms with Gasteiger partial charge in [0.15, 0.2) is 0 Å². The lowest BCUT2D eigenvalue weighted by Crippen LogP contribution is -2.13. The van der Waals surface area contributed by atoms with E-state index in [0.29, 0.717) is 104 Å². The van der Waals surface area contributed by atoms with Crippen molar-refractivity contribution >= 4 is 9.84 Å². The van der Waals surface area contributed by atoms with Gasteiger partial charge >= 0.3 is 0 Å². The zero-order valence-corrected chi connectivity index (χ0v) is 24.1. The summed E-state index contributed by atoms with van der Waals surface area (Å²) in [6.07, 6.45) is 0. The number of aliphatic hydroxyl groups is 2. The van der Waals surface area contributed by atoms with Crippen molar-refractivity contribution in [1.29, 1.82) is 0 Å². The second kappa shape index (κ2) is 22.3. The molecule has 2 N–H and O–H groups in total. The van der Waals surface area contributed by atoms with Gasteiger partial charge in [0, 0.05) is 0 Å². The minimum atomic E-state index is -3.69. The third-order valence-electron chi connectivity index (χ3n) is 5.22. The summed E-state index contributed by atoms with van der Waals surface area (Å²) < 4.78 is 68.9. The number of rotatable bonds is 26. The number of aliphatic hydroxyl groups excluding tert-OH is 2. The Morgan fingerprint density at radius 3 is 0.976 bits per heavy atom. The molecule has 0 unspecified atom stereocenters. The average molecular weight is 603 g/mol. The lowest BCUT2D eigenvalue weighted by Gasteiger charge is -2.10. The highest BCUT2D eigenvalue weighted by molar-refractivity contribution is 7.91. The van der Waals surface area contributed by atoms with Gasteiger partial charge in [-0.15, -0.1) is 0 Å². The van der Waals surface area contributed by atoms with Crippen LogP contribution >= 0.6 is 0 Å². The topological polar surface area (TPSA) is 148 Å². The first-order valence-electron chi connectivity index (χ1n) is 13.5. The monoisotopic (exact) mass is 602 g/mol. The molecular formula is C28H42O12S. The minimum absolute atomic E-state index is 0.00649. The van der Waals surface area contributed by atoms with Crippen LogP contribution in [0.15, 0.2) is 58.3 Å². The minimum Gasteiger partial charge on any atom is -0.491 e. The molecule has 0 spiro atoms. The van der Waals surface area contributed by atoms with E-state index in [9.17, 15) is 8.42 Å². The van der Waals surface area contributed by atoms with Crippen LogP contribution in [-0.2, 0) is 38.3 Å². The standard InChI is InChI=1S/C28H42O12S/c29-9-11-33-13-15-35-17-19-37-21-23-39-25-1-5-27(6-2-25)41(31,32)28-7-3-26(4-8-28)40-24-22-38-20-18-36-16-14-34-12-10-30/h1-8,29-30H,9-24H2. The zero-order chi connectivity index (χ0) is 29.4. The Hall–Kier alpha value is -2.33. The number of hydrogen-bond acceptors (Lipinski definition) is 12. The Morgan fingerprint density at radius 2 is 0.683 bits per heavy atom. The molecule has 13 heteroatoms. The summed E-state index contributed by atoms with van der Waals surface area (Å²) in [5, 5.41) is 17.2. The van der Waals surface area contributed by atoms with E-state index in [1.165, 1.54) is 24.3 Å². The molecule has 0 saturated heterocycles. The van der Waals surface area contributed by atoms with Crippen LogP contribution < -0.4 is 9.47 Å². The summed E-state index contributed by atoms with van der Waals surface area (Å²) in [5.41, 5.74) is 0. The molecule has 0 aliphatic heterocycles. The Labute approximate surface area is 241 Å². The first kappa shape index (κ1) is 34.9. The van der Waals surface area contributed by atoms with Gasteiger partial charge in [-0.05, 0) is 48.5 Å². The molecule has 0 fully saturated rings. The van der Waals surface area contributed by atoms with Gasteiger partial charge < -0.3 is 48.1 Å². The Bertz CT molecular complexity index is 924. The SMILES string of the molecule is O=S(=O)(c1ccc(OCCOCCOCCOCCO)cc1)c1ccc(OCCOCCOCCOCCO)cc1. The van der Waals surface area contributed by atoms with Crippen molar-refractivity contribution in [3.63, 3.8) is 0 Å². The third kappa shape index (κ3) is 15.5. The zero-order valence-electron chi connectivity index (χ0n) is 23.3. The molecule has 0 aromatic heterocycles. The summed E-state index contributed by atoms with van der Waals surface area (Å²) >= 11 is 0. The molecule has 0 heterocycles. The fourth-order valence-corrected chi connectivity index (χ4v) is 4.48. The fourth-order valence-electron chi connectivity index (χ4n) is 3.22. The normalized spacial score (nSPS) is 11.6. The maximum absolute atomic E-state index is 13.0. The second-order valence-electron chi connectivity index (χ2n) is 8.26. The van der Waals surface area contributed by atoms with Crippen LogP contribution in [0.25, 0.3) is 0 Å². The highest BCUT2D eigenvalue weighted by atomic mass is 32.2. The molecule has 2 aromatic rings. The van der Waals surface area contributed by atoms with Crippen molar-refractivity contribution in [3.05, 3.63) is 48.5 Å². The average Bonchev–Trinajstić information content (AvgIpc) is 2.99. The van der Waals surface area contributed by atoms with Gasteiger partial charge in [0.2, 0.25) is 9.84 Å². The van der Waals surface area contributed by atoms with Gasteiger partial charge in [0.05, 0.1) is 102 Å². The number of sulfone groups is 1. The van der Waals surface area contributed by atoms with Gasteiger partial charge in [-0.25, -0.2) is 8.42 Å². The van der Waals surface area contributed by atoms with Crippen LogP contribution in [0.2, 0.25) is 0 Å². The number of ether oxygens (including phenoxy) is 8. The van der Waals surface area contributed by atoms with Gasteiger partial charge in [0.25, 0.3) is 0 Å². The summed E-state index contributed by atoms with van der Waals surface area (Å²) in [6.45, 7) is 5.34. The molecule has 2 aromatic carbocycles. The third-order valence-corrected chi connectivity index (χ3v) is 7.01. The summed E-state index contributed by atoms with van der Waals surface area (Å²) in [7, 11) is -3.69. The molecule has 0 bridgehead atoms. The molecular weight excluding hydrogens is 560 g/mol. The van der Waals surface area contributed by atoms with Gasteiger partial charge in [-0.3, -0.25) is 0 Å². The Morgan fingerprint density at radius 1 is 0.415 bits per heavy atom.